The maximum absolute atomic E-state index is 13.1. The molecule has 0 radical (unpaired) electrons. The molecule has 0 aromatic heterocycles. The largest absolute Gasteiger partial charge is 0.308 e. The quantitative estimate of drug-likeness (QED) is 0.805. The Bertz CT molecular complexity index is 921. The molecule has 0 spiro atoms. The highest BCUT2D eigenvalue weighted by Gasteiger charge is 2.25. The number of rotatable bonds is 4. The number of hydrogen-bond acceptors (Lipinski definition) is 3. The van der Waals surface area contributed by atoms with E-state index in [0.717, 1.165) is 24.9 Å². The van der Waals surface area contributed by atoms with Crippen molar-refractivity contribution in [1.82, 2.24) is 4.31 Å². The SMILES string of the molecule is CC(C)N(C)S(=O)(=O)c1ccc(C(=O)N2CCCCc3ccccc32)cc1. The molecule has 0 fully saturated rings. The number of fused-ring (bicyclic) bond motifs is 1. The molecule has 0 saturated heterocycles. The minimum absolute atomic E-state index is 0.0921. The summed E-state index contributed by atoms with van der Waals surface area (Å²) in [6.45, 7) is 4.32. The summed E-state index contributed by atoms with van der Waals surface area (Å²) >= 11 is 0. The van der Waals surface area contributed by atoms with Gasteiger partial charge >= 0.3 is 0 Å². The topological polar surface area (TPSA) is 57.7 Å². The van der Waals surface area contributed by atoms with Crippen molar-refractivity contribution in [1.29, 1.82) is 0 Å². The second kappa shape index (κ2) is 7.82. The second-order valence-corrected chi connectivity index (χ2v) is 9.18. The molecule has 6 heteroatoms. The fourth-order valence-corrected chi connectivity index (χ4v) is 4.64. The highest BCUT2D eigenvalue weighted by molar-refractivity contribution is 7.89. The summed E-state index contributed by atoms with van der Waals surface area (Å²) in [4.78, 5) is 15.1. The molecule has 1 heterocycles. The van der Waals surface area contributed by atoms with Crippen molar-refractivity contribution >= 4 is 21.6 Å². The van der Waals surface area contributed by atoms with Gasteiger partial charge in [0.1, 0.15) is 0 Å². The lowest BCUT2D eigenvalue weighted by atomic mass is 10.1. The fourth-order valence-electron chi connectivity index (χ4n) is 3.27. The predicted octanol–water partition coefficient (Wildman–Crippen LogP) is 3.70. The average molecular weight is 387 g/mol. The van der Waals surface area contributed by atoms with Gasteiger partial charge in [0.15, 0.2) is 0 Å². The Hall–Kier alpha value is -2.18. The molecule has 1 aliphatic rings. The van der Waals surface area contributed by atoms with Crippen molar-refractivity contribution in [3.63, 3.8) is 0 Å². The lowest BCUT2D eigenvalue weighted by molar-refractivity contribution is 0.0987. The molecule has 0 bridgehead atoms. The van der Waals surface area contributed by atoms with Crippen LogP contribution in [0.15, 0.2) is 53.4 Å². The van der Waals surface area contributed by atoms with E-state index in [-0.39, 0.29) is 16.8 Å². The highest BCUT2D eigenvalue weighted by Crippen LogP contribution is 2.28. The normalized spacial score (nSPS) is 14.9. The van der Waals surface area contributed by atoms with E-state index in [1.165, 1.54) is 22.0 Å². The number of carbonyl (C=O) groups excluding carboxylic acids is 1. The third-order valence-electron chi connectivity index (χ3n) is 5.11. The first-order valence-corrected chi connectivity index (χ1v) is 10.7. The fraction of sp³-hybridized carbons (Fsp3) is 0.381. The molecular weight excluding hydrogens is 360 g/mol. The van der Waals surface area contributed by atoms with Crippen LogP contribution in [0.5, 0.6) is 0 Å². The third-order valence-corrected chi connectivity index (χ3v) is 7.16. The van der Waals surface area contributed by atoms with Gasteiger partial charge in [0, 0.05) is 30.9 Å². The van der Waals surface area contributed by atoms with E-state index in [1.807, 2.05) is 36.9 Å². The molecular formula is C21H26N2O3S. The Kier molecular flexibility index (Phi) is 5.67. The number of anilines is 1. The van der Waals surface area contributed by atoms with Crippen molar-refractivity contribution in [2.24, 2.45) is 0 Å². The predicted molar refractivity (Wildman–Crippen MR) is 108 cm³/mol. The summed E-state index contributed by atoms with van der Waals surface area (Å²) in [7, 11) is -1.99. The van der Waals surface area contributed by atoms with Crippen LogP contribution in [0.1, 0.15) is 42.6 Å². The molecule has 3 rings (SSSR count). The van der Waals surface area contributed by atoms with Crippen LogP contribution in [-0.2, 0) is 16.4 Å². The number of benzene rings is 2. The van der Waals surface area contributed by atoms with Crippen LogP contribution in [0.3, 0.4) is 0 Å². The van der Waals surface area contributed by atoms with Crippen LogP contribution < -0.4 is 4.90 Å². The Morgan fingerprint density at radius 1 is 1.04 bits per heavy atom. The van der Waals surface area contributed by atoms with E-state index in [2.05, 4.69) is 6.07 Å². The lowest BCUT2D eigenvalue weighted by Gasteiger charge is -2.23. The maximum Gasteiger partial charge on any atom is 0.258 e. The molecule has 0 N–H and O–H groups in total. The Morgan fingerprint density at radius 3 is 2.37 bits per heavy atom. The zero-order chi connectivity index (χ0) is 19.6. The number of para-hydroxylation sites is 1. The van der Waals surface area contributed by atoms with E-state index in [1.54, 1.807) is 19.2 Å². The summed E-state index contributed by atoms with van der Waals surface area (Å²) in [5.74, 6) is -0.0921. The molecule has 1 aliphatic heterocycles. The summed E-state index contributed by atoms with van der Waals surface area (Å²) < 4.78 is 26.5. The number of hydrogen-bond donors (Lipinski definition) is 0. The molecule has 2 aromatic carbocycles. The second-order valence-electron chi connectivity index (χ2n) is 7.18. The van der Waals surface area contributed by atoms with Crippen LogP contribution in [-0.4, -0.2) is 38.3 Å². The van der Waals surface area contributed by atoms with E-state index >= 15 is 0 Å². The van der Waals surface area contributed by atoms with Crippen LogP contribution >= 0.6 is 0 Å². The highest BCUT2D eigenvalue weighted by atomic mass is 32.2. The molecule has 1 amide bonds. The first-order valence-electron chi connectivity index (χ1n) is 9.30. The van der Waals surface area contributed by atoms with Gasteiger partial charge in [0.05, 0.1) is 4.90 Å². The first-order chi connectivity index (χ1) is 12.8. The van der Waals surface area contributed by atoms with Crippen molar-refractivity contribution < 1.29 is 13.2 Å². The van der Waals surface area contributed by atoms with Gasteiger partial charge in [-0.25, -0.2) is 8.42 Å². The number of aryl methyl sites for hydroxylation is 1. The van der Waals surface area contributed by atoms with Crippen LogP contribution in [0.4, 0.5) is 5.69 Å². The Balaban J connectivity index is 1.89. The van der Waals surface area contributed by atoms with Crippen molar-refractivity contribution in [3.8, 4) is 0 Å². The van der Waals surface area contributed by atoms with Crippen molar-refractivity contribution in [3.05, 3.63) is 59.7 Å². The van der Waals surface area contributed by atoms with Gasteiger partial charge in [-0.3, -0.25) is 4.79 Å². The molecule has 0 aliphatic carbocycles. The number of carbonyl (C=O) groups is 1. The Labute approximate surface area is 161 Å². The summed E-state index contributed by atoms with van der Waals surface area (Å²) in [6, 6.07) is 14.1. The molecule has 2 aromatic rings. The van der Waals surface area contributed by atoms with Gasteiger partial charge in [-0.05, 0) is 69.0 Å². The van der Waals surface area contributed by atoms with E-state index in [0.29, 0.717) is 12.1 Å². The van der Waals surface area contributed by atoms with Gasteiger partial charge in [0.25, 0.3) is 5.91 Å². The molecule has 144 valence electrons. The first kappa shape index (κ1) is 19.6. The van der Waals surface area contributed by atoms with Crippen LogP contribution in [0, 0.1) is 0 Å². The minimum atomic E-state index is -3.55. The van der Waals surface area contributed by atoms with Gasteiger partial charge in [-0.1, -0.05) is 18.2 Å². The standard InChI is InChI=1S/C21H26N2O3S/c1-16(2)22(3)27(25,26)19-13-11-18(12-14-19)21(24)23-15-7-6-9-17-8-4-5-10-20(17)23/h4-5,8,10-14,16H,6-7,9,15H2,1-3H3. The number of nitrogens with zero attached hydrogens (tertiary/aromatic N) is 2. The molecule has 0 atom stereocenters. The van der Waals surface area contributed by atoms with Gasteiger partial charge in [-0.15, -0.1) is 0 Å². The molecule has 5 nitrogen and oxygen atoms in total. The van der Waals surface area contributed by atoms with Gasteiger partial charge in [-0.2, -0.15) is 4.31 Å². The zero-order valence-corrected chi connectivity index (χ0v) is 16.9. The van der Waals surface area contributed by atoms with Crippen molar-refractivity contribution in [2.75, 3.05) is 18.5 Å². The van der Waals surface area contributed by atoms with Crippen LogP contribution in [0.2, 0.25) is 0 Å². The van der Waals surface area contributed by atoms with Crippen LogP contribution in [0.25, 0.3) is 0 Å². The average Bonchev–Trinajstić information content (AvgIpc) is 2.89. The van der Waals surface area contributed by atoms with E-state index in [9.17, 15) is 13.2 Å². The molecule has 0 saturated carbocycles. The monoisotopic (exact) mass is 386 g/mol. The van der Waals surface area contributed by atoms with Crippen molar-refractivity contribution in [2.45, 2.75) is 44.0 Å². The van der Waals surface area contributed by atoms with E-state index in [4.69, 9.17) is 0 Å². The zero-order valence-electron chi connectivity index (χ0n) is 16.1. The number of amides is 1. The number of sulfonamides is 1. The summed E-state index contributed by atoms with van der Waals surface area (Å²) in [5.41, 5.74) is 2.63. The lowest BCUT2D eigenvalue weighted by Crippen LogP contribution is -2.33. The smallest absolute Gasteiger partial charge is 0.258 e. The molecule has 27 heavy (non-hydrogen) atoms. The maximum atomic E-state index is 13.1. The minimum Gasteiger partial charge on any atom is -0.308 e. The summed E-state index contributed by atoms with van der Waals surface area (Å²) in [6.07, 6.45) is 2.98. The van der Waals surface area contributed by atoms with Gasteiger partial charge in [0.2, 0.25) is 10.0 Å². The molecule has 0 unspecified atom stereocenters. The summed E-state index contributed by atoms with van der Waals surface area (Å²) in [5, 5.41) is 0. The van der Waals surface area contributed by atoms with E-state index < -0.39 is 10.0 Å². The Morgan fingerprint density at radius 2 is 1.70 bits per heavy atom. The third kappa shape index (κ3) is 3.92. The van der Waals surface area contributed by atoms with Gasteiger partial charge < -0.3 is 4.90 Å².